The third kappa shape index (κ3) is 3.16. The minimum Gasteiger partial charge on any atom is -0.489 e. The summed E-state index contributed by atoms with van der Waals surface area (Å²) in [5.41, 5.74) is 3.06. The van der Waals surface area contributed by atoms with Gasteiger partial charge in [-0.25, -0.2) is 4.98 Å². The second-order valence-corrected chi connectivity index (χ2v) is 7.24. The molecule has 0 fully saturated rings. The Morgan fingerprint density at radius 2 is 2.11 bits per heavy atom. The number of fused-ring (bicyclic) bond motifs is 2. The van der Waals surface area contributed by atoms with Crippen molar-refractivity contribution in [3.63, 3.8) is 0 Å². The Kier molecular flexibility index (Phi) is 4.64. The Labute approximate surface area is 162 Å². The Morgan fingerprint density at radius 1 is 1.32 bits per heavy atom. The van der Waals surface area contributed by atoms with Crippen LogP contribution >= 0.6 is 0 Å². The van der Waals surface area contributed by atoms with Crippen LogP contribution < -0.4 is 15.0 Å². The fourth-order valence-corrected chi connectivity index (χ4v) is 3.30. The molecule has 3 heterocycles. The van der Waals surface area contributed by atoms with E-state index in [-0.39, 0.29) is 18.2 Å². The lowest BCUT2D eigenvalue weighted by Gasteiger charge is -2.28. The van der Waals surface area contributed by atoms with Crippen molar-refractivity contribution in [1.29, 1.82) is 0 Å². The molecule has 0 bridgehead atoms. The molecule has 3 aromatic rings. The van der Waals surface area contributed by atoms with E-state index in [1.807, 2.05) is 50.2 Å². The maximum atomic E-state index is 12.9. The number of nitrogens with zero attached hydrogens (tertiary/aromatic N) is 3. The molecule has 4 rings (SSSR count). The van der Waals surface area contributed by atoms with E-state index in [1.54, 1.807) is 11.9 Å². The molecule has 1 unspecified atom stereocenters. The largest absolute Gasteiger partial charge is 0.489 e. The number of pyridine rings is 1. The molecule has 1 amide bonds. The normalized spacial score (nSPS) is 19.2. The summed E-state index contributed by atoms with van der Waals surface area (Å²) >= 11 is 0. The number of nitrogens with one attached hydrogen (secondary N) is 2. The number of aromatic nitrogens is 3. The highest BCUT2D eigenvalue weighted by molar-refractivity contribution is 6.03. The Morgan fingerprint density at radius 3 is 2.89 bits per heavy atom. The molecule has 2 atom stereocenters. The van der Waals surface area contributed by atoms with Crippen LogP contribution in [0.1, 0.15) is 35.9 Å². The number of amides is 1. The number of H-pyrrole nitrogens is 1. The van der Waals surface area contributed by atoms with E-state index in [9.17, 15) is 9.90 Å². The van der Waals surface area contributed by atoms with Gasteiger partial charge in [-0.05, 0) is 30.2 Å². The smallest absolute Gasteiger partial charge is 0.274 e. The SMILES string of the molecule is CC(C)c1ccc2[nH]nc(C(=O)N[C@H]3COc4ccccc4N(C)C3O)c2n1. The van der Waals surface area contributed by atoms with Crippen LogP contribution in [0.5, 0.6) is 5.75 Å². The minimum absolute atomic E-state index is 0.140. The van der Waals surface area contributed by atoms with Crippen LogP contribution in [-0.4, -0.2) is 52.1 Å². The number of carbonyl (C=O) groups excluding carboxylic acids is 1. The monoisotopic (exact) mass is 381 g/mol. The van der Waals surface area contributed by atoms with Gasteiger partial charge in [-0.15, -0.1) is 0 Å². The predicted octanol–water partition coefficient (Wildman–Crippen LogP) is 2.03. The highest BCUT2D eigenvalue weighted by Gasteiger charge is 2.31. The summed E-state index contributed by atoms with van der Waals surface area (Å²) in [6, 6.07) is 10.6. The van der Waals surface area contributed by atoms with Gasteiger partial charge in [0.25, 0.3) is 5.91 Å². The number of rotatable bonds is 3. The summed E-state index contributed by atoms with van der Waals surface area (Å²) in [6.45, 7) is 4.22. The van der Waals surface area contributed by atoms with Crippen molar-refractivity contribution in [2.24, 2.45) is 0 Å². The van der Waals surface area contributed by atoms with Gasteiger partial charge in [-0.3, -0.25) is 9.89 Å². The van der Waals surface area contributed by atoms with Crippen LogP contribution in [0.25, 0.3) is 11.0 Å². The van der Waals surface area contributed by atoms with Crippen LogP contribution in [-0.2, 0) is 0 Å². The maximum Gasteiger partial charge on any atom is 0.274 e. The van der Waals surface area contributed by atoms with Crippen LogP contribution in [0.4, 0.5) is 5.69 Å². The van der Waals surface area contributed by atoms with Crippen molar-refractivity contribution in [3.05, 3.63) is 47.8 Å². The van der Waals surface area contributed by atoms with Crippen LogP contribution in [0.2, 0.25) is 0 Å². The zero-order chi connectivity index (χ0) is 19.8. The van der Waals surface area contributed by atoms with Gasteiger partial charge >= 0.3 is 0 Å². The first-order chi connectivity index (χ1) is 13.5. The molecule has 28 heavy (non-hydrogen) atoms. The number of ether oxygens (including phenoxy) is 1. The molecule has 2 aromatic heterocycles. The maximum absolute atomic E-state index is 12.9. The summed E-state index contributed by atoms with van der Waals surface area (Å²) in [5, 5.41) is 20.5. The van der Waals surface area contributed by atoms with Gasteiger partial charge in [-0.2, -0.15) is 5.10 Å². The van der Waals surface area contributed by atoms with Crippen molar-refractivity contribution in [2.45, 2.75) is 32.0 Å². The minimum atomic E-state index is -0.947. The molecular formula is C20H23N5O3. The Bertz CT molecular complexity index is 1020. The number of para-hydroxylation sites is 2. The second kappa shape index (κ2) is 7.12. The lowest BCUT2D eigenvalue weighted by Crippen LogP contribution is -2.52. The second-order valence-electron chi connectivity index (χ2n) is 7.24. The predicted molar refractivity (Wildman–Crippen MR) is 106 cm³/mol. The molecule has 1 aromatic carbocycles. The van der Waals surface area contributed by atoms with Crippen LogP contribution in [0, 0.1) is 0 Å². The first-order valence-corrected chi connectivity index (χ1v) is 9.24. The van der Waals surface area contributed by atoms with Gasteiger partial charge in [0.05, 0.1) is 11.2 Å². The van der Waals surface area contributed by atoms with Crippen molar-refractivity contribution in [3.8, 4) is 5.75 Å². The van der Waals surface area contributed by atoms with Crippen molar-refractivity contribution >= 4 is 22.6 Å². The van der Waals surface area contributed by atoms with E-state index in [0.29, 0.717) is 16.8 Å². The highest BCUT2D eigenvalue weighted by Crippen LogP contribution is 2.31. The lowest BCUT2D eigenvalue weighted by atomic mass is 10.1. The molecule has 0 spiro atoms. The number of aliphatic hydroxyl groups excluding tert-OH is 1. The van der Waals surface area contributed by atoms with E-state index in [4.69, 9.17) is 4.74 Å². The van der Waals surface area contributed by atoms with E-state index >= 15 is 0 Å². The van der Waals surface area contributed by atoms with E-state index in [1.165, 1.54) is 0 Å². The Hall–Kier alpha value is -3.13. The third-order valence-electron chi connectivity index (χ3n) is 4.97. The molecule has 8 nitrogen and oxygen atoms in total. The van der Waals surface area contributed by atoms with E-state index in [2.05, 4.69) is 20.5 Å². The first kappa shape index (κ1) is 18.2. The van der Waals surface area contributed by atoms with Crippen molar-refractivity contribution in [1.82, 2.24) is 20.5 Å². The van der Waals surface area contributed by atoms with E-state index < -0.39 is 18.2 Å². The molecule has 146 valence electrons. The summed E-state index contributed by atoms with van der Waals surface area (Å²) in [4.78, 5) is 19.1. The zero-order valence-corrected chi connectivity index (χ0v) is 16.0. The first-order valence-electron chi connectivity index (χ1n) is 9.24. The quantitative estimate of drug-likeness (QED) is 0.641. The van der Waals surface area contributed by atoms with Gasteiger partial charge in [0.15, 0.2) is 11.9 Å². The molecule has 3 N–H and O–H groups in total. The molecule has 0 saturated heterocycles. The lowest BCUT2D eigenvalue weighted by molar-refractivity contribution is 0.0768. The number of anilines is 1. The Balaban J connectivity index is 1.59. The molecular weight excluding hydrogens is 358 g/mol. The fraction of sp³-hybridized carbons (Fsp3) is 0.350. The van der Waals surface area contributed by atoms with Crippen molar-refractivity contribution in [2.75, 3.05) is 18.6 Å². The number of carbonyl (C=O) groups is 1. The molecule has 0 radical (unpaired) electrons. The van der Waals surface area contributed by atoms with Gasteiger partial charge in [0.2, 0.25) is 0 Å². The summed E-state index contributed by atoms with van der Waals surface area (Å²) in [5.74, 6) is 0.486. The summed E-state index contributed by atoms with van der Waals surface area (Å²) in [6.07, 6.45) is -0.947. The standard InChI is InChI=1S/C20H23N5O3/c1-11(2)12-8-9-13-17(21-12)18(24-23-13)19(26)22-14-10-28-16-7-5-4-6-15(16)25(3)20(14)27/h4-9,11,14,20,27H,10H2,1-3H3,(H,22,26)(H,23,24)/t14-,20?/m0/s1. The molecule has 0 aliphatic carbocycles. The van der Waals surface area contributed by atoms with Gasteiger partial charge in [-0.1, -0.05) is 26.0 Å². The van der Waals surface area contributed by atoms with Gasteiger partial charge in [0.1, 0.15) is 23.9 Å². The molecule has 1 aliphatic heterocycles. The van der Waals surface area contributed by atoms with Crippen LogP contribution in [0.3, 0.4) is 0 Å². The number of aliphatic hydroxyl groups is 1. The average molecular weight is 381 g/mol. The number of hydrogen-bond donors (Lipinski definition) is 3. The summed E-state index contributed by atoms with van der Waals surface area (Å²) < 4.78 is 5.80. The van der Waals surface area contributed by atoms with Gasteiger partial charge < -0.3 is 20.1 Å². The van der Waals surface area contributed by atoms with E-state index in [0.717, 1.165) is 11.4 Å². The van der Waals surface area contributed by atoms with Gasteiger partial charge in [0, 0.05) is 12.7 Å². The topological polar surface area (TPSA) is 103 Å². The molecule has 0 saturated carbocycles. The van der Waals surface area contributed by atoms with Crippen LogP contribution in [0.15, 0.2) is 36.4 Å². The molecule has 1 aliphatic rings. The average Bonchev–Trinajstić information content (AvgIpc) is 3.08. The number of aromatic amines is 1. The number of hydrogen-bond acceptors (Lipinski definition) is 6. The third-order valence-corrected chi connectivity index (χ3v) is 4.97. The summed E-state index contributed by atoms with van der Waals surface area (Å²) in [7, 11) is 1.76. The molecule has 8 heteroatoms. The fourth-order valence-electron chi connectivity index (χ4n) is 3.30. The number of benzene rings is 1. The van der Waals surface area contributed by atoms with Crippen molar-refractivity contribution < 1.29 is 14.6 Å². The highest BCUT2D eigenvalue weighted by atomic mass is 16.5. The number of likely N-dealkylation sites (N-methyl/N-ethyl adjacent to an activating group) is 1. The zero-order valence-electron chi connectivity index (χ0n) is 16.0.